The number of nitrogens with one attached hydrogen (secondary N) is 1. The van der Waals surface area contributed by atoms with Crippen LogP contribution in [0.3, 0.4) is 0 Å². The number of fused-ring (bicyclic) bond motifs is 1. The fourth-order valence-electron chi connectivity index (χ4n) is 3.46. The highest BCUT2D eigenvalue weighted by Gasteiger charge is 2.39. The monoisotopic (exact) mass is 381 g/mol. The van der Waals surface area contributed by atoms with Gasteiger partial charge < -0.3 is 15.2 Å². The fourth-order valence-corrected chi connectivity index (χ4v) is 3.46. The van der Waals surface area contributed by atoms with Gasteiger partial charge in [-0.3, -0.25) is 14.6 Å². The third kappa shape index (κ3) is 3.31. The molecule has 0 spiro atoms. The van der Waals surface area contributed by atoms with Crippen molar-refractivity contribution in [2.45, 2.75) is 25.3 Å². The summed E-state index contributed by atoms with van der Waals surface area (Å²) in [6, 6.07) is 9.45. The Morgan fingerprint density at radius 1 is 1.36 bits per heavy atom. The lowest BCUT2D eigenvalue weighted by molar-refractivity contribution is -0.138. The number of benzene rings is 1. The molecular weight excluding hydrogens is 362 g/mol. The van der Waals surface area contributed by atoms with Crippen molar-refractivity contribution < 1.29 is 19.4 Å². The molecule has 0 bridgehead atoms. The second kappa shape index (κ2) is 7.01. The van der Waals surface area contributed by atoms with E-state index in [1.165, 1.54) is 0 Å². The summed E-state index contributed by atoms with van der Waals surface area (Å²) in [7, 11) is 0. The molecule has 9 nitrogen and oxygen atoms in total. The molecule has 2 N–H and O–H groups in total. The Kier molecular flexibility index (Phi) is 4.52. The third-order valence-electron chi connectivity index (χ3n) is 4.91. The van der Waals surface area contributed by atoms with Gasteiger partial charge in [0.15, 0.2) is 5.69 Å². The maximum Gasteiger partial charge on any atom is 0.305 e. The number of carboxylic acids is 1. The lowest BCUT2D eigenvalue weighted by Gasteiger charge is -2.26. The minimum atomic E-state index is -0.990. The van der Waals surface area contributed by atoms with Crippen LogP contribution in [0.1, 0.15) is 29.0 Å². The Balaban J connectivity index is 1.62. The molecule has 0 saturated carbocycles. The van der Waals surface area contributed by atoms with Gasteiger partial charge in [0.05, 0.1) is 35.5 Å². The van der Waals surface area contributed by atoms with Crippen molar-refractivity contribution in [2.75, 3.05) is 13.2 Å². The second-order valence-corrected chi connectivity index (χ2v) is 6.92. The Hall–Kier alpha value is -3.33. The highest BCUT2D eigenvalue weighted by atomic mass is 16.5. The summed E-state index contributed by atoms with van der Waals surface area (Å²) >= 11 is 0. The van der Waals surface area contributed by atoms with Crippen LogP contribution in [0.4, 0.5) is 0 Å². The predicted molar refractivity (Wildman–Crippen MR) is 99.3 cm³/mol. The van der Waals surface area contributed by atoms with Gasteiger partial charge >= 0.3 is 5.97 Å². The molecule has 1 aromatic carbocycles. The van der Waals surface area contributed by atoms with Crippen molar-refractivity contribution >= 4 is 22.8 Å². The molecule has 1 aliphatic heterocycles. The number of nitrogens with zero attached hydrogens (tertiary/aromatic N) is 4. The van der Waals surface area contributed by atoms with Crippen LogP contribution in [-0.4, -0.2) is 55.7 Å². The summed E-state index contributed by atoms with van der Waals surface area (Å²) < 4.78 is 6.90. The van der Waals surface area contributed by atoms with Crippen LogP contribution in [0, 0.1) is 6.92 Å². The van der Waals surface area contributed by atoms with Crippen molar-refractivity contribution in [3.63, 3.8) is 0 Å². The van der Waals surface area contributed by atoms with Crippen LogP contribution in [-0.2, 0) is 9.53 Å². The largest absolute Gasteiger partial charge is 0.481 e. The summed E-state index contributed by atoms with van der Waals surface area (Å²) in [5.74, 6) is -1.45. The number of pyridine rings is 1. The molecule has 4 rings (SSSR count). The minimum absolute atomic E-state index is 0.156. The highest BCUT2D eigenvalue weighted by molar-refractivity contribution is 5.94. The molecule has 3 heterocycles. The number of aromatic nitrogens is 4. The van der Waals surface area contributed by atoms with Crippen molar-refractivity contribution in [1.29, 1.82) is 0 Å². The number of carbonyl (C=O) groups is 2. The smallest absolute Gasteiger partial charge is 0.305 e. The summed E-state index contributed by atoms with van der Waals surface area (Å²) in [5.41, 5.74) is 1.41. The summed E-state index contributed by atoms with van der Waals surface area (Å²) in [5, 5.41) is 21.1. The van der Waals surface area contributed by atoms with Crippen molar-refractivity contribution in [1.82, 2.24) is 25.3 Å². The van der Waals surface area contributed by atoms with E-state index < -0.39 is 17.4 Å². The lowest BCUT2D eigenvalue weighted by atomic mass is 9.94. The Labute approximate surface area is 160 Å². The van der Waals surface area contributed by atoms with Gasteiger partial charge in [0, 0.05) is 18.2 Å². The van der Waals surface area contributed by atoms with Crippen LogP contribution in [0.5, 0.6) is 0 Å². The molecule has 0 aliphatic carbocycles. The number of ether oxygens (including phenoxy) is 1. The van der Waals surface area contributed by atoms with Gasteiger partial charge in [0.25, 0.3) is 5.91 Å². The van der Waals surface area contributed by atoms with Crippen LogP contribution in [0.15, 0.2) is 36.5 Å². The van der Waals surface area contributed by atoms with Crippen molar-refractivity contribution in [2.24, 2.45) is 0 Å². The van der Waals surface area contributed by atoms with Gasteiger partial charge in [0.2, 0.25) is 0 Å². The van der Waals surface area contributed by atoms with E-state index in [1.807, 2.05) is 30.3 Å². The predicted octanol–water partition coefficient (Wildman–Crippen LogP) is 1.49. The first-order valence-corrected chi connectivity index (χ1v) is 8.87. The first-order chi connectivity index (χ1) is 13.5. The molecule has 1 fully saturated rings. The van der Waals surface area contributed by atoms with E-state index in [1.54, 1.807) is 17.8 Å². The molecular formula is C19H19N5O4. The summed E-state index contributed by atoms with van der Waals surface area (Å²) in [6.07, 6.45) is 1.96. The molecule has 1 atom stereocenters. The average Bonchev–Trinajstić information content (AvgIpc) is 3.27. The zero-order valence-electron chi connectivity index (χ0n) is 15.3. The highest BCUT2D eigenvalue weighted by Crippen LogP contribution is 2.24. The lowest BCUT2D eigenvalue weighted by Crippen LogP contribution is -2.50. The van der Waals surface area contributed by atoms with Crippen LogP contribution < -0.4 is 5.32 Å². The number of rotatable bonds is 5. The Morgan fingerprint density at radius 2 is 2.21 bits per heavy atom. The molecule has 2 aromatic heterocycles. The number of hydrogen-bond acceptors (Lipinski definition) is 6. The molecule has 1 saturated heterocycles. The molecule has 144 valence electrons. The van der Waals surface area contributed by atoms with E-state index in [-0.39, 0.29) is 18.7 Å². The molecule has 28 heavy (non-hydrogen) atoms. The fraction of sp³-hybridized carbons (Fsp3) is 0.316. The molecule has 3 aromatic rings. The average molecular weight is 381 g/mol. The number of hydrogen-bond donors (Lipinski definition) is 2. The number of carbonyl (C=O) groups excluding carboxylic acids is 1. The SMILES string of the molecule is Cc1c(C(=O)NC2(CC(=O)O)CCOC2)nnn1-c1ccc2ncccc2c1. The van der Waals surface area contributed by atoms with Crippen molar-refractivity contribution in [3.8, 4) is 5.69 Å². The minimum Gasteiger partial charge on any atom is -0.481 e. The molecule has 1 amide bonds. The number of amides is 1. The quantitative estimate of drug-likeness (QED) is 0.687. The van der Waals surface area contributed by atoms with Gasteiger partial charge in [-0.05, 0) is 37.6 Å². The topological polar surface area (TPSA) is 119 Å². The normalized spacial score (nSPS) is 19.0. The van der Waals surface area contributed by atoms with Gasteiger partial charge in [0.1, 0.15) is 0 Å². The maximum absolute atomic E-state index is 12.8. The van der Waals surface area contributed by atoms with Gasteiger partial charge in [-0.2, -0.15) is 0 Å². The molecule has 9 heteroatoms. The van der Waals surface area contributed by atoms with E-state index in [4.69, 9.17) is 4.74 Å². The van der Waals surface area contributed by atoms with Gasteiger partial charge in [-0.1, -0.05) is 11.3 Å². The van der Waals surface area contributed by atoms with Gasteiger partial charge in [-0.15, -0.1) is 5.10 Å². The van der Waals surface area contributed by atoms with Crippen molar-refractivity contribution in [3.05, 3.63) is 47.9 Å². The zero-order valence-corrected chi connectivity index (χ0v) is 15.3. The maximum atomic E-state index is 12.8. The second-order valence-electron chi connectivity index (χ2n) is 6.92. The van der Waals surface area contributed by atoms with E-state index >= 15 is 0 Å². The molecule has 1 aliphatic rings. The Bertz CT molecular complexity index is 1060. The summed E-state index contributed by atoms with van der Waals surface area (Å²) in [6.45, 7) is 2.32. The third-order valence-corrected chi connectivity index (χ3v) is 4.91. The van der Waals surface area contributed by atoms with E-state index in [0.29, 0.717) is 18.7 Å². The van der Waals surface area contributed by atoms with Crippen LogP contribution in [0.2, 0.25) is 0 Å². The Morgan fingerprint density at radius 3 is 2.96 bits per heavy atom. The first kappa shape index (κ1) is 18.1. The zero-order chi connectivity index (χ0) is 19.7. The van der Waals surface area contributed by atoms with Crippen LogP contribution in [0.25, 0.3) is 16.6 Å². The standard InChI is InChI=1S/C19H19N5O4/c1-12-17(18(27)21-19(10-16(25)26)6-8-28-11-19)22-23-24(12)14-4-5-15-13(9-14)3-2-7-20-15/h2-5,7,9H,6,8,10-11H2,1H3,(H,21,27)(H,25,26). The number of aliphatic carboxylic acids is 1. The van der Waals surface area contributed by atoms with Crippen LogP contribution >= 0.6 is 0 Å². The summed E-state index contributed by atoms with van der Waals surface area (Å²) in [4.78, 5) is 28.3. The first-order valence-electron chi connectivity index (χ1n) is 8.87. The molecule has 1 unspecified atom stereocenters. The van der Waals surface area contributed by atoms with Gasteiger partial charge in [-0.25, -0.2) is 4.68 Å². The van der Waals surface area contributed by atoms with E-state index in [2.05, 4.69) is 20.6 Å². The number of carboxylic acid groups (broad SMARTS) is 1. The van der Waals surface area contributed by atoms with E-state index in [0.717, 1.165) is 16.6 Å². The molecule has 0 radical (unpaired) electrons. The van der Waals surface area contributed by atoms with E-state index in [9.17, 15) is 14.7 Å².